The fraction of sp³-hybridized carbons (Fsp3) is 0.0833. The summed E-state index contributed by atoms with van der Waals surface area (Å²) < 4.78 is 4.88. The van der Waals surface area contributed by atoms with Crippen molar-refractivity contribution >= 4 is 63.8 Å². The molecular formula is C12H5Cl5N2O3. The first-order chi connectivity index (χ1) is 10.3. The summed E-state index contributed by atoms with van der Waals surface area (Å²) >= 11 is 30.1. The van der Waals surface area contributed by atoms with Crippen molar-refractivity contribution in [3.05, 3.63) is 47.4 Å². The van der Waals surface area contributed by atoms with Crippen LogP contribution in [0.15, 0.2) is 12.1 Å². The maximum absolute atomic E-state index is 11.0. The van der Waals surface area contributed by atoms with Gasteiger partial charge in [0.2, 0.25) is 5.75 Å². The highest BCUT2D eigenvalue weighted by Crippen LogP contribution is 2.48. The van der Waals surface area contributed by atoms with Crippen molar-refractivity contribution < 1.29 is 9.66 Å². The molecular weight excluding hydrogens is 397 g/mol. The summed E-state index contributed by atoms with van der Waals surface area (Å²) in [7, 11) is 1.29. The van der Waals surface area contributed by atoms with Gasteiger partial charge in [0.15, 0.2) is 5.69 Å². The molecule has 10 heteroatoms. The van der Waals surface area contributed by atoms with E-state index in [1.807, 2.05) is 0 Å². The van der Waals surface area contributed by atoms with Gasteiger partial charge in [-0.05, 0) is 22.0 Å². The molecule has 0 spiro atoms. The standard InChI is InChI=1S/C12H5Cl5N2O3/c1-22-5-3-2-4(18-12(5)19(20)21)6-7(13)9(15)11(17)10(16)8(6)14/h2-3H,1H3. The molecule has 0 radical (unpaired) electrons. The Balaban J connectivity index is 2.78. The van der Waals surface area contributed by atoms with Crippen molar-refractivity contribution in [2.75, 3.05) is 7.11 Å². The smallest absolute Gasteiger partial charge is 0.406 e. The second kappa shape index (κ2) is 6.64. The third-order valence-electron chi connectivity index (χ3n) is 2.70. The van der Waals surface area contributed by atoms with Gasteiger partial charge in [-0.3, -0.25) is 0 Å². The molecule has 1 aromatic heterocycles. The molecule has 22 heavy (non-hydrogen) atoms. The number of hydrogen-bond acceptors (Lipinski definition) is 4. The van der Waals surface area contributed by atoms with Gasteiger partial charge in [0.25, 0.3) is 0 Å². The molecule has 0 saturated heterocycles. The minimum Gasteiger partial charge on any atom is -0.489 e. The normalized spacial score (nSPS) is 10.6. The second-order valence-corrected chi connectivity index (χ2v) is 5.81. The third-order valence-corrected chi connectivity index (χ3v) is 4.97. The first-order valence-corrected chi connectivity index (χ1v) is 7.39. The Kier molecular flexibility index (Phi) is 5.25. The number of nitro groups is 1. The minimum atomic E-state index is -0.691. The highest BCUT2D eigenvalue weighted by Gasteiger charge is 2.26. The van der Waals surface area contributed by atoms with Gasteiger partial charge in [-0.15, -0.1) is 0 Å². The fourth-order valence-electron chi connectivity index (χ4n) is 1.69. The molecule has 0 atom stereocenters. The van der Waals surface area contributed by atoms with Crippen molar-refractivity contribution in [3.63, 3.8) is 0 Å². The molecule has 0 saturated carbocycles. The Morgan fingerprint density at radius 3 is 1.95 bits per heavy atom. The maximum atomic E-state index is 11.0. The molecule has 1 aromatic carbocycles. The third kappa shape index (κ3) is 2.92. The summed E-state index contributed by atoms with van der Waals surface area (Å²) in [6, 6.07) is 2.81. The molecule has 0 aliphatic carbocycles. The summed E-state index contributed by atoms with van der Waals surface area (Å²) in [5.74, 6) is -0.499. The quantitative estimate of drug-likeness (QED) is 0.276. The number of methoxy groups -OCH3 is 1. The SMILES string of the molecule is COc1ccc(-c2c(Cl)c(Cl)c(Cl)c(Cl)c2Cl)nc1[N+](=O)[O-]. The zero-order valence-corrected chi connectivity index (χ0v) is 14.4. The monoisotopic (exact) mass is 400 g/mol. The van der Waals surface area contributed by atoms with Crippen molar-refractivity contribution in [2.24, 2.45) is 0 Å². The Morgan fingerprint density at radius 2 is 1.50 bits per heavy atom. The first-order valence-electron chi connectivity index (χ1n) is 5.50. The van der Waals surface area contributed by atoms with Crippen LogP contribution in [0.2, 0.25) is 25.1 Å². The van der Waals surface area contributed by atoms with Crippen LogP contribution in [0.3, 0.4) is 0 Å². The van der Waals surface area contributed by atoms with Crippen LogP contribution in [0.1, 0.15) is 0 Å². The van der Waals surface area contributed by atoms with Crippen LogP contribution in [0.25, 0.3) is 11.3 Å². The van der Waals surface area contributed by atoms with E-state index in [0.29, 0.717) is 0 Å². The molecule has 0 N–H and O–H groups in total. The van der Waals surface area contributed by atoms with E-state index in [2.05, 4.69) is 4.98 Å². The van der Waals surface area contributed by atoms with Crippen LogP contribution in [0, 0.1) is 10.1 Å². The molecule has 0 fully saturated rings. The van der Waals surface area contributed by atoms with Gasteiger partial charge in [0.05, 0.1) is 37.8 Å². The van der Waals surface area contributed by atoms with E-state index in [1.54, 1.807) is 0 Å². The molecule has 5 nitrogen and oxygen atoms in total. The molecule has 116 valence electrons. The lowest BCUT2D eigenvalue weighted by molar-refractivity contribution is -0.390. The Hall–Kier alpha value is -0.980. The topological polar surface area (TPSA) is 65.3 Å². The van der Waals surface area contributed by atoms with Crippen molar-refractivity contribution in [2.45, 2.75) is 0 Å². The second-order valence-electron chi connectivity index (χ2n) is 3.92. The summed E-state index contributed by atoms with van der Waals surface area (Å²) in [6.07, 6.45) is 0. The number of hydrogen-bond donors (Lipinski definition) is 0. The molecule has 0 aliphatic heterocycles. The van der Waals surface area contributed by atoms with Crippen molar-refractivity contribution in [1.82, 2.24) is 4.98 Å². The molecule has 2 rings (SSSR count). The van der Waals surface area contributed by atoms with E-state index in [0.717, 1.165) is 0 Å². The average Bonchev–Trinajstić information content (AvgIpc) is 2.51. The van der Waals surface area contributed by atoms with Crippen molar-refractivity contribution in [1.29, 1.82) is 0 Å². The summed E-state index contributed by atoms with van der Waals surface area (Å²) in [6.45, 7) is 0. The minimum absolute atomic E-state index is 0.00645. The van der Waals surface area contributed by atoms with Gasteiger partial charge in [-0.2, -0.15) is 0 Å². The molecule has 0 bridgehead atoms. The number of halogens is 5. The van der Waals surface area contributed by atoms with E-state index < -0.39 is 10.7 Å². The Morgan fingerprint density at radius 1 is 1.00 bits per heavy atom. The van der Waals surface area contributed by atoms with E-state index >= 15 is 0 Å². The van der Waals surface area contributed by atoms with Gasteiger partial charge in [0.1, 0.15) is 0 Å². The predicted octanol–water partition coefficient (Wildman–Crippen LogP) is 5.93. The van der Waals surface area contributed by atoms with E-state index in [-0.39, 0.29) is 42.1 Å². The highest BCUT2D eigenvalue weighted by molar-refractivity contribution is 6.56. The summed E-state index contributed by atoms with van der Waals surface area (Å²) in [5.41, 5.74) is 0.261. The number of ether oxygens (including phenoxy) is 1. The lowest BCUT2D eigenvalue weighted by Gasteiger charge is -2.10. The maximum Gasteiger partial charge on any atom is 0.406 e. The van der Waals surface area contributed by atoms with Crippen LogP contribution in [0.5, 0.6) is 5.75 Å². The van der Waals surface area contributed by atoms with Crippen LogP contribution in [0.4, 0.5) is 5.82 Å². The van der Waals surface area contributed by atoms with Crippen LogP contribution in [-0.2, 0) is 0 Å². The summed E-state index contributed by atoms with van der Waals surface area (Å²) in [4.78, 5) is 14.2. The van der Waals surface area contributed by atoms with E-state index in [4.69, 9.17) is 62.7 Å². The zero-order valence-electron chi connectivity index (χ0n) is 10.7. The molecule has 0 amide bonds. The number of rotatable bonds is 3. The van der Waals surface area contributed by atoms with Gasteiger partial charge in [-0.25, -0.2) is 0 Å². The number of nitrogens with zero attached hydrogens (tertiary/aromatic N) is 2. The first kappa shape index (κ1) is 17.4. The van der Waals surface area contributed by atoms with Gasteiger partial charge >= 0.3 is 5.82 Å². The summed E-state index contributed by atoms with van der Waals surface area (Å²) in [5, 5.41) is 11.0. The Labute approximate surface area is 149 Å². The number of pyridine rings is 1. The lowest BCUT2D eigenvalue weighted by Crippen LogP contribution is -1.99. The average molecular weight is 402 g/mol. The molecule has 2 aromatic rings. The predicted molar refractivity (Wildman–Crippen MR) is 87.9 cm³/mol. The molecule has 1 heterocycles. The fourth-order valence-corrected chi connectivity index (χ4v) is 3.03. The van der Waals surface area contributed by atoms with Crippen LogP contribution < -0.4 is 4.74 Å². The Bertz CT molecular complexity index is 753. The molecule has 0 aliphatic rings. The van der Waals surface area contributed by atoms with Gasteiger partial charge in [0, 0.05) is 0 Å². The van der Waals surface area contributed by atoms with Gasteiger partial charge in [-0.1, -0.05) is 58.0 Å². The zero-order chi connectivity index (χ0) is 16.6. The largest absolute Gasteiger partial charge is 0.489 e. The van der Waals surface area contributed by atoms with Crippen LogP contribution in [-0.4, -0.2) is 17.0 Å². The van der Waals surface area contributed by atoms with Crippen LogP contribution >= 0.6 is 58.0 Å². The highest BCUT2D eigenvalue weighted by atomic mass is 35.5. The number of aromatic nitrogens is 1. The van der Waals surface area contributed by atoms with Crippen molar-refractivity contribution in [3.8, 4) is 17.0 Å². The van der Waals surface area contributed by atoms with Gasteiger partial charge < -0.3 is 14.9 Å². The number of benzene rings is 1. The van der Waals surface area contributed by atoms with E-state index in [9.17, 15) is 10.1 Å². The lowest BCUT2D eigenvalue weighted by atomic mass is 10.1. The van der Waals surface area contributed by atoms with E-state index in [1.165, 1.54) is 19.2 Å². The molecule has 0 unspecified atom stereocenters.